The summed E-state index contributed by atoms with van der Waals surface area (Å²) >= 11 is 2.55. The fourth-order valence-corrected chi connectivity index (χ4v) is 6.29. The average molecular weight is 529 g/mol. The van der Waals surface area contributed by atoms with E-state index in [1.165, 1.54) is 51.2 Å². The molecular weight excluding hydrogens is 494 g/mol. The third kappa shape index (κ3) is 5.64. The van der Waals surface area contributed by atoms with E-state index >= 15 is 0 Å². The van der Waals surface area contributed by atoms with E-state index in [0.717, 1.165) is 0 Å². The summed E-state index contributed by atoms with van der Waals surface area (Å²) in [5, 5.41) is 46.3. The summed E-state index contributed by atoms with van der Waals surface area (Å²) in [4.78, 5) is 7.87. The van der Waals surface area contributed by atoms with Crippen LogP contribution in [0, 0.1) is 0 Å². The van der Waals surface area contributed by atoms with E-state index in [1.54, 1.807) is 14.1 Å². The van der Waals surface area contributed by atoms with Crippen LogP contribution in [0.2, 0.25) is 0 Å². The number of amidine groups is 2. The van der Waals surface area contributed by atoms with Gasteiger partial charge in [-0.15, -0.1) is 0 Å². The Morgan fingerprint density at radius 1 is 0.765 bits per heavy atom. The molecule has 0 aromatic carbocycles. The number of aliphatic hydroxyl groups is 4. The molecule has 0 saturated carbocycles. The molecule has 196 valence electrons. The number of aliphatic hydroxyl groups excluding tert-OH is 2. The largest absolute Gasteiger partial charge is 0.388 e. The highest BCUT2D eigenvalue weighted by Crippen LogP contribution is 2.39. The lowest BCUT2D eigenvalue weighted by Crippen LogP contribution is -2.62. The van der Waals surface area contributed by atoms with Gasteiger partial charge in [-0.05, 0) is 27.7 Å². The molecule has 4 fully saturated rings. The van der Waals surface area contributed by atoms with Crippen molar-refractivity contribution in [3.63, 3.8) is 0 Å². The predicted molar refractivity (Wildman–Crippen MR) is 127 cm³/mol. The molecule has 14 heteroatoms. The summed E-state index contributed by atoms with van der Waals surface area (Å²) in [6, 6.07) is -1.24. The summed E-state index contributed by atoms with van der Waals surface area (Å²) in [5.41, 5.74) is -3.52. The zero-order valence-corrected chi connectivity index (χ0v) is 21.5. The molecule has 4 aliphatic heterocycles. The smallest absolute Gasteiger partial charge is 0.159 e. The van der Waals surface area contributed by atoms with Gasteiger partial charge in [-0.25, -0.2) is 8.78 Å². The van der Waals surface area contributed by atoms with Crippen LogP contribution in [0.1, 0.15) is 27.7 Å². The van der Waals surface area contributed by atoms with Crippen LogP contribution in [0.5, 0.6) is 0 Å². The first-order chi connectivity index (χ1) is 15.7. The lowest BCUT2D eigenvalue weighted by atomic mass is 9.89. The molecule has 0 spiro atoms. The van der Waals surface area contributed by atoms with Crippen molar-refractivity contribution in [2.75, 3.05) is 14.1 Å². The molecule has 0 unspecified atom stereocenters. The molecule has 0 aromatic heterocycles. The van der Waals surface area contributed by atoms with Crippen LogP contribution in [-0.2, 0) is 9.47 Å². The Kier molecular flexibility index (Phi) is 8.45. The van der Waals surface area contributed by atoms with Crippen molar-refractivity contribution in [1.82, 2.24) is 10.6 Å². The minimum atomic E-state index is -1.49. The Hall–Kier alpha value is -0.740. The van der Waals surface area contributed by atoms with Crippen molar-refractivity contribution >= 4 is 33.9 Å². The highest BCUT2D eigenvalue weighted by Gasteiger charge is 2.54. The molecule has 10 atom stereocenters. The molecule has 0 radical (unpaired) electrons. The van der Waals surface area contributed by atoms with Gasteiger partial charge in [0.05, 0.1) is 23.3 Å². The second-order valence-corrected chi connectivity index (χ2v) is 11.8. The summed E-state index contributed by atoms with van der Waals surface area (Å²) in [7, 11) is 3.20. The normalized spacial score (nSPS) is 44.6. The van der Waals surface area contributed by atoms with Crippen molar-refractivity contribution in [2.24, 2.45) is 9.98 Å². The third-order valence-electron chi connectivity index (χ3n) is 5.94. The first kappa shape index (κ1) is 27.8. The Morgan fingerprint density at radius 3 is 1.35 bits per heavy atom. The lowest BCUT2D eigenvalue weighted by Gasteiger charge is -2.42. The number of ether oxygens (including phenoxy) is 2. The number of fused-ring (bicyclic) bond motifs is 2. The van der Waals surface area contributed by atoms with E-state index in [0.29, 0.717) is 10.3 Å². The van der Waals surface area contributed by atoms with E-state index in [1.807, 2.05) is 0 Å². The number of nitrogens with zero attached hydrogens (tertiary/aromatic N) is 2. The Labute approximate surface area is 206 Å². The first-order valence-electron chi connectivity index (χ1n) is 10.9. The van der Waals surface area contributed by atoms with Gasteiger partial charge < -0.3 is 40.5 Å². The minimum absolute atomic E-state index is 0.469. The SMILES string of the molecule is CN=C1N[C@@H]2[C@H](F)[C@H](O)[C@@H](C(C)(C)O)O[C@@H]2S1.CN=C1N[C@@H]2[C@H](F)[C@H](O)[C@@H](C(C)(C)O)O[C@@H]2S1. The summed E-state index contributed by atoms with van der Waals surface area (Å²) in [6.07, 6.45) is -7.55. The molecule has 6 N–H and O–H groups in total. The highest BCUT2D eigenvalue weighted by molar-refractivity contribution is 8.14. The monoisotopic (exact) mass is 528 g/mol. The molecule has 0 aliphatic carbocycles. The maximum absolute atomic E-state index is 14.1. The van der Waals surface area contributed by atoms with Crippen molar-refractivity contribution in [3.8, 4) is 0 Å². The molecule has 0 aromatic rings. The van der Waals surface area contributed by atoms with Gasteiger partial charge in [0.25, 0.3) is 0 Å². The Bertz CT molecular complexity index is 732. The van der Waals surface area contributed by atoms with Crippen LogP contribution in [0.4, 0.5) is 8.78 Å². The maximum Gasteiger partial charge on any atom is 0.159 e. The van der Waals surface area contributed by atoms with Gasteiger partial charge in [0.2, 0.25) is 0 Å². The molecule has 4 rings (SSSR count). The first-order valence-corrected chi connectivity index (χ1v) is 12.6. The van der Waals surface area contributed by atoms with Crippen LogP contribution in [-0.4, -0.2) is 116 Å². The van der Waals surface area contributed by atoms with E-state index in [2.05, 4.69) is 20.6 Å². The lowest BCUT2D eigenvalue weighted by molar-refractivity contribution is -0.197. The minimum Gasteiger partial charge on any atom is -0.388 e. The number of halogens is 2. The van der Waals surface area contributed by atoms with E-state index in [9.17, 15) is 29.2 Å². The second kappa shape index (κ2) is 10.3. The topological polar surface area (TPSA) is 148 Å². The number of alkyl halides is 2. The van der Waals surface area contributed by atoms with E-state index in [-0.39, 0.29) is 0 Å². The predicted octanol–water partition coefficient (Wildman–Crippen LogP) is -0.256. The molecule has 4 aliphatic rings. The molecular formula is C20H34F2N4O6S2. The van der Waals surface area contributed by atoms with Gasteiger partial charge in [0, 0.05) is 14.1 Å². The van der Waals surface area contributed by atoms with Gasteiger partial charge in [-0.2, -0.15) is 0 Å². The molecule has 4 saturated heterocycles. The van der Waals surface area contributed by atoms with Crippen LogP contribution >= 0.6 is 23.5 Å². The van der Waals surface area contributed by atoms with Crippen molar-refractivity contribution in [1.29, 1.82) is 0 Å². The fourth-order valence-electron chi connectivity index (χ4n) is 4.15. The molecule has 0 bridgehead atoms. The molecule has 4 heterocycles. The van der Waals surface area contributed by atoms with Crippen LogP contribution < -0.4 is 10.6 Å². The van der Waals surface area contributed by atoms with E-state index in [4.69, 9.17) is 9.47 Å². The summed E-state index contributed by atoms with van der Waals surface area (Å²) in [6.45, 7) is 5.98. The fraction of sp³-hybridized carbons (Fsp3) is 0.900. The highest BCUT2D eigenvalue weighted by atomic mass is 32.2. The molecule has 34 heavy (non-hydrogen) atoms. The van der Waals surface area contributed by atoms with Crippen LogP contribution in [0.3, 0.4) is 0 Å². The quantitative estimate of drug-likeness (QED) is 0.283. The zero-order valence-electron chi connectivity index (χ0n) is 19.8. The van der Waals surface area contributed by atoms with Gasteiger partial charge in [-0.1, -0.05) is 23.5 Å². The zero-order chi connectivity index (χ0) is 25.6. The standard InChI is InChI=1S/2C10H17FN2O3S/c2*1-10(2,15)7-6(14)4(11)5-8(16-7)17-9(12-3)13-5/h2*4-8,14-15H,1-3H3,(H,12,13)/t2*4-,5+,6-,7-,8+/m00/s1. The number of hydrogen-bond acceptors (Lipinski definition) is 10. The van der Waals surface area contributed by atoms with Gasteiger partial charge in [0.15, 0.2) is 22.7 Å². The van der Waals surface area contributed by atoms with Crippen LogP contribution in [0.25, 0.3) is 0 Å². The second-order valence-electron chi connectivity index (χ2n) is 9.66. The number of rotatable bonds is 2. The average Bonchev–Trinajstić information content (AvgIpc) is 3.36. The Balaban J connectivity index is 0.000000191. The molecule has 0 amide bonds. The Morgan fingerprint density at radius 2 is 1.09 bits per heavy atom. The van der Waals surface area contributed by atoms with Gasteiger partial charge >= 0.3 is 0 Å². The number of thioether (sulfide) groups is 2. The third-order valence-corrected chi connectivity index (χ3v) is 8.26. The number of hydrogen-bond donors (Lipinski definition) is 6. The number of nitrogens with one attached hydrogen (secondary N) is 2. The van der Waals surface area contributed by atoms with Crippen LogP contribution in [0.15, 0.2) is 9.98 Å². The number of aliphatic imine (C=N–C) groups is 2. The van der Waals surface area contributed by atoms with Gasteiger partial charge in [-0.3, -0.25) is 9.98 Å². The summed E-state index contributed by atoms with van der Waals surface area (Å²) < 4.78 is 39.2. The maximum atomic E-state index is 14.1. The van der Waals surface area contributed by atoms with Crippen molar-refractivity contribution in [3.05, 3.63) is 0 Å². The summed E-state index contributed by atoms with van der Waals surface area (Å²) in [5.74, 6) is 0. The van der Waals surface area contributed by atoms with E-state index < -0.39 is 70.9 Å². The van der Waals surface area contributed by atoms with Gasteiger partial charge in [0.1, 0.15) is 35.3 Å². The van der Waals surface area contributed by atoms with Crippen molar-refractivity contribution < 1.29 is 38.7 Å². The molecule has 10 nitrogen and oxygen atoms in total. The van der Waals surface area contributed by atoms with Crippen molar-refractivity contribution in [2.45, 2.75) is 98.6 Å².